The van der Waals surface area contributed by atoms with Crippen molar-refractivity contribution < 1.29 is 4.74 Å². The second kappa shape index (κ2) is 6.93. The van der Waals surface area contributed by atoms with Crippen LogP contribution in [0, 0.1) is 0 Å². The maximum absolute atomic E-state index is 5.61. The highest BCUT2D eigenvalue weighted by atomic mass is 16.5. The van der Waals surface area contributed by atoms with E-state index in [-0.39, 0.29) is 0 Å². The Morgan fingerprint density at radius 1 is 1.05 bits per heavy atom. The average Bonchev–Trinajstić information content (AvgIpc) is 3.04. The molecule has 0 saturated carbocycles. The first kappa shape index (κ1) is 15.0. The summed E-state index contributed by atoms with van der Waals surface area (Å²) < 4.78 is 5.61. The summed E-state index contributed by atoms with van der Waals surface area (Å²) in [5.41, 5.74) is 4.01. The molecule has 0 unspecified atom stereocenters. The molecule has 3 nitrogen and oxygen atoms in total. The fraction of sp³-hybridized carbons (Fsp3) is 0.421. The standard InChI is InChI=1S/C19H24N2O/c1-3-17(14-7-10-20-11-8-14)21-18(4-2)15-5-6-19-16(13-15)9-12-22-19/h5-8,10-11,13,17-18,21H,3-4,9,12H2,1-2H3/t17-,18-/m0/s1. The molecule has 1 N–H and O–H groups in total. The van der Waals surface area contributed by atoms with Gasteiger partial charge in [-0.15, -0.1) is 0 Å². The van der Waals surface area contributed by atoms with E-state index in [9.17, 15) is 0 Å². The molecule has 0 fully saturated rings. The first-order valence-electron chi connectivity index (χ1n) is 8.23. The molecule has 0 bridgehead atoms. The van der Waals surface area contributed by atoms with Gasteiger partial charge >= 0.3 is 0 Å². The molecular weight excluding hydrogens is 272 g/mol. The van der Waals surface area contributed by atoms with E-state index >= 15 is 0 Å². The van der Waals surface area contributed by atoms with Crippen LogP contribution in [0.1, 0.15) is 55.5 Å². The molecular formula is C19H24N2O. The zero-order valence-electron chi connectivity index (χ0n) is 13.4. The van der Waals surface area contributed by atoms with Gasteiger partial charge in [-0.05, 0) is 47.7 Å². The summed E-state index contributed by atoms with van der Waals surface area (Å²) in [7, 11) is 0. The van der Waals surface area contributed by atoms with Crippen molar-refractivity contribution >= 4 is 0 Å². The number of fused-ring (bicyclic) bond motifs is 1. The molecule has 0 saturated heterocycles. The molecule has 22 heavy (non-hydrogen) atoms. The predicted octanol–water partition coefficient (Wildman–Crippen LogP) is 4.21. The normalized spacial score (nSPS) is 15.9. The zero-order valence-corrected chi connectivity index (χ0v) is 13.4. The fourth-order valence-corrected chi connectivity index (χ4v) is 3.16. The lowest BCUT2D eigenvalue weighted by Gasteiger charge is -2.25. The topological polar surface area (TPSA) is 34.1 Å². The van der Waals surface area contributed by atoms with Crippen molar-refractivity contribution in [3.63, 3.8) is 0 Å². The molecule has 0 radical (unpaired) electrons. The number of pyridine rings is 1. The van der Waals surface area contributed by atoms with E-state index < -0.39 is 0 Å². The summed E-state index contributed by atoms with van der Waals surface area (Å²) in [5.74, 6) is 1.06. The van der Waals surface area contributed by atoms with Crippen LogP contribution < -0.4 is 10.1 Å². The Labute approximate surface area is 132 Å². The van der Waals surface area contributed by atoms with Crippen LogP contribution in [-0.4, -0.2) is 11.6 Å². The minimum atomic E-state index is 0.359. The highest BCUT2D eigenvalue weighted by molar-refractivity contribution is 5.40. The Morgan fingerprint density at radius 3 is 2.50 bits per heavy atom. The minimum absolute atomic E-state index is 0.359. The molecule has 2 heterocycles. The molecule has 3 heteroatoms. The van der Waals surface area contributed by atoms with Crippen LogP contribution >= 0.6 is 0 Å². The number of aromatic nitrogens is 1. The third-order valence-electron chi connectivity index (χ3n) is 4.44. The van der Waals surface area contributed by atoms with E-state index in [4.69, 9.17) is 4.74 Å². The largest absolute Gasteiger partial charge is 0.493 e. The molecule has 0 amide bonds. The van der Waals surface area contributed by atoms with Crippen molar-refractivity contribution in [2.24, 2.45) is 0 Å². The van der Waals surface area contributed by atoms with E-state index in [1.165, 1.54) is 16.7 Å². The highest BCUT2D eigenvalue weighted by Gasteiger charge is 2.19. The summed E-state index contributed by atoms with van der Waals surface area (Å²) in [4.78, 5) is 4.12. The molecule has 2 atom stereocenters. The molecule has 3 rings (SSSR count). The van der Waals surface area contributed by atoms with Gasteiger partial charge in [0, 0.05) is 30.9 Å². The van der Waals surface area contributed by atoms with Gasteiger partial charge in [0.15, 0.2) is 0 Å². The first-order chi connectivity index (χ1) is 10.8. The van der Waals surface area contributed by atoms with Crippen LogP contribution in [0.15, 0.2) is 42.7 Å². The lowest BCUT2D eigenvalue weighted by molar-refractivity contribution is 0.356. The van der Waals surface area contributed by atoms with Gasteiger partial charge < -0.3 is 10.1 Å². The van der Waals surface area contributed by atoms with Crippen molar-refractivity contribution in [3.05, 3.63) is 59.4 Å². The van der Waals surface area contributed by atoms with Gasteiger partial charge in [0.2, 0.25) is 0 Å². The Morgan fingerprint density at radius 2 is 1.77 bits per heavy atom. The van der Waals surface area contributed by atoms with Crippen LogP contribution in [0.3, 0.4) is 0 Å². The van der Waals surface area contributed by atoms with Gasteiger partial charge in [-0.3, -0.25) is 4.98 Å². The van der Waals surface area contributed by atoms with E-state index in [1.807, 2.05) is 12.4 Å². The van der Waals surface area contributed by atoms with Crippen molar-refractivity contribution in [1.29, 1.82) is 0 Å². The summed E-state index contributed by atoms with van der Waals surface area (Å²) in [6.45, 7) is 5.28. The SMILES string of the molecule is CC[C@H](N[C@@H](CC)c1ccc2c(c1)CCO2)c1ccncc1. The lowest BCUT2D eigenvalue weighted by atomic mass is 9.98. The third-order valence-corrected chi connectivity index (χ3v) is 4.44. The summed E-state index contributed by atoms with van der Waals surface area (Å²) >= 11 is 0. The average molecular weight is 296 g/mol. The van der Waals surface area contributed by atoms with E-state index in [2.05, 4.69) is 54.5 Å². The number of benzene rings is 1. The molecule has 1 aliphatic rings. The Balaban J connectivity index is 1.79. The van der Waals surface area contributed by atoms with Gasteiger partial charge in [-0.2, -0.15) is 0 Å². The van der Waals surface area contributed by atoms with Crippen LogP contribution in [0.5, 0.6) is 5.75 Å². The Hall–Kier alpha value is -1.87. The summed E-state index contributed by atoms with van der Waals surface area (Å²) in [5, 5.41) is 3.81. The van der Waals surface area contributed by atoms with Crippen LogP contribution in [0.4, 0.5) is 0 Å². The zero-order chi connectivity index (χ0) is 15.4. The lowest BCUT2D eigenvalue weighted by Crippen LogP contribution is -2.26. The first-order valence-corrected chi connectivity index (χ1v) is 8.23. The van der Waals surface area contributed by atoms with Gasteiger partial charge in [0.25, 0.3) is 0 Å². The maximum atomic E-state index is 5.61. The van der Waals surface area contributed by atoms with Crippen LogP contribution in [0.25, 0.3) is 0 Å². The molecule has 0 spiro atoms. The van der Waals surface area contributed by atoms with E-state index in [1.54, 1.807) is 0 Å². The number of ether oxygens (including phenoxy) is 1. The molecule has 1 aliphatic heterocycles. The number of rotatable bonds is 6. The third kappa shape index (κ3) is 3.14. The smallest absolute Gasteiger partial charge is 0.122 e. The second-order valence-electron chi connectivity index (χ2n) is 5.83. The quantitative estimate of drug-likeness (QED) is 0.867. The van der Waals surface area contributed by atoms with Gasteiger partial charge in [-0.25, -0.2) is 0 Å². The monoisotopic (exact) mass is 296 g/mol. The van der Waals surface area contributed by atoms with Crippen molar-refractivity contribution in [3.8, 4) is 5.75 Å². The molecule has 2 aromatic rings. The molecule has 1 aromatic carbocycles. The number of nitrogens with one attached hydrogen (secondary N) is 1. The van der Waals surface area contributed by atoms with Crippen molar-refractivity contribution in [1.82, 2.24) is 10.3 Å². The maximum Gasteiger partial charge on any atom is 0.122 e. The van der Waals surface area contributed by atoms with E-state index in [0.29, 0.717) is 12.1 Å². The van der Waals surface area contributed by atoms with Gasteiger partial charge in [-0.1, -0.05) is 26.0 Å². The minimum Gasteiger partial charge on any atom is -0.493 e. The molecule has 0 aliphatic carbocycles. The summed E-state index contributed by atoms with van der Waals surface area (Å²) in [6, 6.07) is 11.6. The number of nitrogens with zero attached hydrogens (tertiary/aromatic N) is 1. The van der Waals surface area contributed by atoms with Gasteiger partial charge in [0.1, 0.15) is 5.75 Å². The molecule has 116 valence electrons. The highest BCUT2D eigenvalue weighted by Crippen LogP contribution is 2.30. The molecule has 1 aromatic heterocycles. The van der Waals surface area contributed by atoms with Crippen LogP contribution in [-0.2, 0) is 6.42 Å². The number of hydrogen-bond acceptors (Lipinski definition) is 3. The second-order valence-corrected chi connectivity index (χ2v) is 5.83. The Kier molecular flexibility index (Phi) is 4.74. The van der Waals surface area contributed by atoms with E-state index in [0.717, 1.165) is 31.6 Å². The number of hydrogen-bond donors (Lipinski definition) is 1. The van der Waals surface area contributed by atoms with Crippen molar-refractivity contribution in [2.45, 2.75) is 45.2 Å². The Bertz CT molecular complexity index is 612. The fourth-order valence-electron chi connectivity index (χ4n) is 3.16. The van der Waals surface area contributed by atoms with Gasteiger partial charge in [0.05, 0.1) is 6.61 Å². The van der Waals surface area contributed by atoms with Crippen molar-refractivity contribution in [2.75, 3.05) is 6.61 Å². The van der Waals surface area contributed by atoms with Crippen LogP contribution in [0.2, 0.25) is 0 Å². The summed E-state index contributed by atoms with van der Waals surface area (Å²) in [6.07, 6.45) is 6.90. The predicted molar refractivity (Wildman–Crippen MR) is 89.1 cm³/mol.